The fraction of sp³-hybridized carbons (Fsp3) is 0.294. The molecule has 116 valence electrons. The highest BCUT2D eigenvalue weighted by atomic mass is 35.5. The number of hydrogen-bond acceptors (Lipinski definition) is 3. The summed E-state index contributed by atoms with van der Waals surface area (Å²) < 4.78 is 12.0. The van der Waals surface area contributed by atoms with E-state index < -0.39 is 0 Å². The molecular weight excluding hydrogens is 321 g/mol. The van der Waals surface area contributed by atoms with E-state index in [4.69, 9.17) is 32.7 Å². The molecule has 5 heteroatoms. The minimum Gasteiger partial charge on any atom is -0.483 e. The monoisotopic (exact) mass is 337 g/mol. The first-order chi connectivity index (χ1) is 10.7. The van der Waals surface area contributed by atoms with Gasteiger partial charge in [-0.1, -0.05) is 47.5 Å². The molecule has 3 nitrogen and oxygen atoms in total. The molecule has 0 aromatic heterocycles. The number of hydrogen-bond donors (Lipinski definition) is 1. The van der Waals surface area contributed by atoms with E-state index in [0.29, 0.717) is 16.7 Å². The van der Waals surface area contributed by atoms with Crippen LogP contribution in [-0.2, 0) is 4.74 Å². The van der Waals surface area contributed by atoms with Gasteiger partial charge in [-0.3, -0.25) is 0 Å². The number of para-hydroxylation sites is 1. The quantitative estimate of drug-likeness (QED) is 0.910. The Balaban J connectivity index is 1.89. The van der Waals surface area contributed by atoms with Crippen LogP contribution >= 0.6 is 23.2 Å². The molecule has 22 heavy (non-hydrogen) atoms. The molecule has 1 aliphatic rings. The van der Waals surface area contributed by atoms with E-state index in [-0.39, 0.29) is 12.2 Å². The summed E-state index contributed by atoms with van der Waals surface area (Å²) in [6.07, 6.45) is -0.323. The zero-order chi connectivity index (χ0) is 15.4. The van der Waals surface area contributed by atoms with Crippen LogP contribution in [0, 0.1) is 0 Å². The summed E-state index contributed by atoms with van der Waals surface area (Å²) in [5, 5.41) is 4.38. The Morgan fingerprint density at radius 2 is 1.91 bits per heavy atom. The molecule has 0 amide bonds. The summed E-state index contributed by atoms with van der Waals surface area (Å²) in [4.78, 5) is 0. The lowest BCUT2D eigenvalue weighted by Crippen LogP contribution is -2.43. The van der Waals surface area contributed by atoms with Gasteiger partial charge in [0.2, 0.25) is 0 Å². The number of halogens is 2. The van der Waals surface area contributed by atoms with E-state index in [1.54, 1.807) is 6.07 Å². The van der Waals surface area contributed by atoms with Crippen molar-refractivity contribution in [3.05, 3.63) is 64.1 Å². The second-order valence-electron chi connectivity index (χ2n) is 5.14. The number of nitrogens with one attached hydrogen (secondary N) is 1. The highest BCUT2D eigenvalue weighted by Gasteiger charge is 2.28. The van der Waals surface area contributed by atoms with Gasteiger partial charge in [0.1, 0.15) is 11.9 Å². The molecule has 1 fully saturated rings. The Hall–Kier alpha value is -1.26. The van der Waals surface area contributed by atoms with Crippen LogP contribution in [0.15, 0.2) is 48.5 Å². The Bertz CT molecular complexity index is 615. The molecule has 3 rings (SSSR count). The molecule has 1 saturated heterocycles. The maximum Gasteiger partial charge on any atom is 0.151 e. The van der Waals surface area contributed by atoms with Gasteiger partial charge >= 0.3 is 0 Å². The van der Waals surface area contributed by atoms with E-state index in [0.717, 1.165) is 24.4 Å². The molecule has 0 spiro atoms. The van der Waals surface area contributed by atoms with Crippen molar-refractivity contribution in [3.63, 3.8) is 0 Å². The minimum absolute atomic E-state index is 0.0776. The zero-order valence-electron chi connectivity index (χ0n) is 12.0. The molecule has 0 bridgehead atoms. The van der Waals surface area contributed by atoms with Gasteiger partial charge in [0.15, 0.2) is 6.10 Å². The molecule has 1 aliphatic heterocycles. The van der Waals surface area contributed by atoms with Crippen molar-refractivity contribution in [2.24, 2.45) is 0 Å². The third-order valence-corrected chi connectivity index (χ3v) is 4.31. The van der Waals surface area contributed by atoms with Crippen molar-refractivity contribution >= 4 is 23.2 Å². The molecule has 2 aromatic rings. The number of benzene rings is 2. The van der Waals surface area contributed by atoms with Gasteiger partial charge < -0.3 is 14.8 Å². The van der Waals surface area contributed by atoms with Crippen LogP contribution in [0.3, 0.4) is 0 Å². The Morgan fingerprint density at radius 3 is 2.59 bits per heavy atom. The standard InChI is InChI=1S/C17H17Cl2NO2/c18-14-7-6-12(10-15(14)19)17(16-11-20-8-9-21-16)22-13-4-2-1-3-5-13/h1-7,10,16-17,20H,8-9,11H2. The predicted molar refractivity (Wildman–Crippen MR) is 88.9 cm³/mol. The average Bonchev–Trinajstić information content (AvgIpc) is 2.57. The van der Waals surface area contributed by atoms with E-state index in [9.17, 15) is 0 Å². The summed E-state index contributed by atoms with van der Waals surface area (Å²) in [5.41, 5.74) is 0.951. The first kappa shape index (κ1) is 15.6. The summed E-state index contributed by atoms with van der Waals surface area (Å²) in [5.74, 6) is 0.799. The molecule has 1 N–H and O–H groups in total. The summed E-state index contributed by atoms with van der Waals surface area (Å²) >= 11 is 12.2. The third-order valence-electron chi connectivity index (χ3n) is 3.57. The van der Waals surface area contributed by atoms with Crippen molar-refractivity contribution < 1.29 is 9.47 Å². The smallest absolute Gasteiger partial charge is 0.151 e. The number of rotatable bonds is 4. The van der Waals surface area contributed by atoms with Crippen LogP contribution < -0.4 is 10.1 Å². The zero-order valence-corrected chi connectivity index (χ0v) is 13.5. The second-order valence-corrected chi connectivity index (χ2v) is 5.95. The lowest BCUT2D eigenvalue weighted by molar-refractivity contribution is -0.0432. The minimum atomic E-state index is -0.245. The van der Waals surface area contributed by atoms with Crippen LogP contribution in [0.5, 0.6) is 5.75 Å². The molecule has 2 unspecified atom stereocenters. The fourth-order valence-corrected chi connectivity index (χ4v) is 2.78. The summed E-state index contributed by atoms with van der Waals surface area (Å²) in [7, 11) is 0. The van der Waals surface area contributed by atoms with Gasteiger partial charge in [-0.05, 0) is 29.8 Å². The molecule has 1 heterocycles. The largest absolute Gasteiger partial charge is 0.483 e. The van der Waals surface area contributed by atoms with Crippen molar-refractivity contribution in [2.45, 2.75) is 12.2 Å². The first-order valence-corrected chi connectivity index (χ1v) is 7.98. The predicted octanol–water partition coefficient (Wildman–Crippen LogP) is 4.10. The van der Waals surface area contributed by atoms with Crippen LogP contribution in [-0.4, -0.2) is 25.8 Å². The van der Waals surface area contributed by atoms with Crippen LogP contribution in [0.1, 0.15) is 11.7 Å². The van der Waals surface area contributed by atoms with Crippen LogP contribution in [0.25, 0.3) is 0 Å². The van der Waals surface area contributed by atoms with Gasteiger partial charge in [-0.2, -0.15) is 0 Å². The SMILES string of the molecule is Clc1ccc(C(Oc2ccccc2)C2CNCCO2)cc1Cl. The van der Waals surface area contributed by atoms with Gasteiger partial charge in [0.25, 0.3) is 0 Å². The molecular formula is C17H17Cl2NO2. The van der Waals surface area contributed by atoms with Gasteiger partial charge in [-0.15, -0.1) is 0 Å². The molecule has 2 aromatic carbocycles. The highest BCUT2D eigenvalue weighted by Crippen LogP contribution is 2.31. The number of ether oxygens (including phenoxy) is 2. The van der Waals surface area contributed by atoms with Crippen molar-refractivity contribution in [3.8, 4) is 5.75 Å². The maximum atomic E-state index is 6.17. The highest BCUT2D eigenvalue weighted by molar-refractivity contribution is 6.42. The average molecular weight is 338 g/mol. The fourth-order valence-electron chi connectivity index (χ4n) is 2.47. The molecule has 2 atom stereocenters. The first-order valence-electron chi connectivity index (χ1n) is 7.23. The van der Waals surface area contributed by atoms with Gasteiger partial charge in [-0.25, -0.2) is 0 Å². The Morgan fingerprint density at radius 1 is 1.09 bits per heavy atom. The second kappa shape index (κ2) is 7.34. The van der Waals surface area contributed by atoms with Crippen molar-refractivity contribution in [1.82, 2.24) is 5.32 Å². The molecule has 0 saturated carbocycles. The normalized spacial score (nSPS) is 19.6. The van der Waals surface area contributed by atoms with Gasteiger partial charge in [0.05, 0.1) is 16.7 Å². The molecule has 0 radical (unpaired) electrons. The lowest BCUT2D eigenvalue weighted by atomic mass is 10.0. The van der Waals surface area contributed by atoms with Crippen molar-refractivity contribution in [1.29, 1.82) is 0 Å². The third kappa shape index (κ3) is 3.73. The van der Waals surface area contributed by atoms with Crippen molar-refractivity contribution in [2.75, 3.05) is 19.7 Å². The maximum absolute atomic E-state index is 6.17. The summed E-state index contributed by atoms with van der Waals surface area (Å²) in [6.45, 7) is 2.26. The molecule has 0 aliphatic carbocycles. The van der Waals surface area contributed by atoms with Gasteiger partial charge in [0, 0.05) is 13.1 Å². The van der Waals surface area contributed by atoms with E-state index in [2.05, 4.69) is 5.32 Å². The van der Waals surface area contributed by atoms with Crippen LogP contribution in [0.2, 0.25) is 10.0 Å². The van der Waals surface area contributed by atoms with E-state index in [1.807, 2.05) is 42.5 Å². The van der Waals surface area contributed by atoms with E-state index >= 15 is 0 Å². The van der Waals surface area contributed by atoms with Crippen LogP contribution in [0.4, 0.5) is 0 Å². The Labute approximate surface area is 140 Å². The number of morpholine rings is 1. The lowest BCUT2D eigenvalue weighted by Gasteiger charge is -2.31. The summed E-state index contributed by atoms with van der Waals surface area (Å²) in [6, 6.07) is 15.3. The topological polar surface area (TPSA) is 30.5 Å². The Kier molecular flexibility index (Phi) is 5.21. The van der Waals surface area contributed by atoms with E-state index in [1.165, 1.54) is 0 Å².